The van der Waals surface area contributed by atoms with Crippen LogP contribution in [0.25, 0.3) is 0 Å². The van der Waals surface area contributed by atoms with Gasteiger partial charge in [-0.3, -0.25) is 0 Å². The lowest BCUT2D eigenvalue weighted by Crippen LogP contribution is -2.25. The third kappa shape index (κ3) is 4.53. The molecule has 0 atom stereocenters. The van der Waals surface area contributed by atoms with E-state index in [1.807, 2.05) is 6.07 Å². The Morgan fingerprint density at radius 1 is 1.18 bits per heavy atom. The zero-order chi connectivity index (χ0) is 12.7. The van der Waals surface area contributed by atoms with Crippen LogP contribution >= 0.6 is 0 Å². The van der Waals surface area contributed by atoms with E-state index in [9.17, 15) is 0 Å². The molecule has 0 saturated heterocycles. The largest absolute Gasteiger partial charge is 0.491 e. The Hall–Kier alpha value is -1.42. The molecule has 0 fully saturated rings. The van der Waals surface area contributed by atoms with Crippen molar-refractivity contribution in [2.75, 3.05) is 37.7 Å². The maximum atomic E-state index is 5.80. The summed E-state index contributed by atoms with van der Waals surface area (Å²) in [6.45, 7) is 8.25. The predicted molar refractivity (Wildman–Crippen MR) is 73.2 cm³/mol. The quantitative estimate of drug-likeness (QED) is 0.562. The van der Waals surface area contributed by atoms with E-state index in [2.05, 4.69) is 18.7 Å². The molecular weight excluding hydrogens is 214 g/mol. The van der Waals surface area contributed by atoms with Crippen LogP contribution in [0.5, 0.6) is 5.75 Å². The van der Waals surface area contributed by atoms with E-state index in [0.717, 1.165) is 31.8 Å². The highest BCUT2D eigenvalue weighted by Gasteiger charge is 2.02. The van der Waals surface area contributed by atoms with E-state index in [1.54, 1.807) is 12.1 Å². The molecule has 0 unspecified atom stereocenters. The zero-order valence-corrected chi connectivity index (χ0v) is 10.8. The molecule has 0 aromatic heterocycles. The van der Waals surface area contributed by atoms with Crippen LogP contribution in [0.4, 0.5) is 11.4 Å². The maximum Gasteiger partial charge on any atom is 0.142 e. The fraction of sp³-hybridized carbons (Fsp3) is 0.538. The molecule has 17 heavy (non-hydrogen) atoms. The summed E-state index contributed by atoms with van der Waals surface area (Å²) < 4.78 is 5.62. The molecule has 0 spiro atoms. The minimum atomic E-state index is 0.604. The third-order valence-corrected chi connectivity index (χ3v) is 2.80. The highest BCUT2D eigenvalue weighted by molar-refractivity contribution is 5.60. The summed E-state index contributed by atoms with van der Waals surface area (Å²) in [5.41, 5.74) is 12.7. The molecule has 0 aliphatic carbocycles. The van der Waals surface area contributed by atoms with Gasteiger partial charge in [0, 0.05) is 12.2 Å². The number of nitrogens with two attached hydrogens (primary N) is 2. The fourth-order valence-electron chi connectivity index (χ4n) is 1.71. The molecule has 4 N–H and O–H groups in total. The van der Waals surface area contributed by atoms with Crippen molar-refractivity contribution < 1.29 is 4.74 Å². The van der Waals surface area contributed by atoms with Crippen molar-refractivity contribution in [1.29, 1.82) is 0 Å². The van der Waals surface area contributed by atoms with Gasteiger partial charge >= 0.3 is 0 Å². The Labute approximate surface area is 104 Å². The van der Waals surface area contributed by atoms with Crippen LogP contribution in [-0.2, 0) is 0 Å². The Bertz CT molecular complexity index is 337. The van der Waals surface area contributed by atoms with E-state index in [-0.39, 0.29) is 0 Å². The van der Waals surface area contributed by atoms with Gasteiger partial charge in [0.05, 0.1) is 12.3 Å². The Kier molecular flexibility index (Phi) is 5.63. The van der Waals surface area contributed by atoms with E-state index >= 15 is 0 Å². The number of nitrogens with zero attached hydrogens (tertiary/aromatic N) is 1. The summed E-state index contributed by atoms with van der Waals surface area (Å²) in [6, 6.07) is 5.35. The number of ether oxygens (including phenoxy) is 1. The van der Waals surface area contributed by atoms with Crippen molar-refractivity contribution in [2.45, 2.75) is 20.3 Å². The molecule has 0 amide bonds. The third-order valence-electron chi connectivity index (χ3n) is 2.80. The van der Waals surface area contributed by atoms with Crippen molar-refractivity contribution in [2.24, 2.45) is 0 Å². The van der Waals surface area contributed by atoms with Gasteiger partial charge in [-0.05, 0) is 37.7 Å². The molecule has 0 radical (unpaired) electrons. The minimum Gasteiger partial charge on any atom is -0.491 e. The zero-order valence-electron chi connectivity index (χ0n) is 10.8. The Balaban J connectivity index is 2.31. The molecule has 1 rings (SSSR count). The number of hydrogen-bond donors (Lipinski definition) is 2. The van der Waals surface area contributed by atoms with Crippen molar-refractivity contribution in [1.82, 2.24) is 4.90 Å². The second-order valence-corrected chi connectivity index (χ2v) is 4.03. The van der Waals surface area contributed by atoms with Crippen molar-refractivity contribution >= 4 is 11.4 Å². The van der Waals surface area contributed by atoms with E-state index < -0.39 is 0 Å². The smallest absolute Gasteiger partial charge is 0.142 e. The van der Waals surface area contributed by atoms with Crippen LogP contribution in [0.1, 0.15) is 20.3 Å². The van der Waals surface area contributed by atoms with Crippen LogP contribution < -0.4 is 16.2 Å². The second kappa shape index (κ2) is 7.01. The number of nitrogen functional groups attached to an aromatic ring is 2. The van der Waals surface area contributed by atoms with Crippen molar-refractivity contribution in [3.05, 3.63) is 18.2 Å². The van der Waals surface area contributed by atoms with Crippen LogP contribution in [0.2, 0.25) is 0 Å². The lowest BCUT2D eigenvalue weighted by Gasteiger charge is -2.18. The first kappa shape index (κ1) is 13.6. The minimum absolute atomic E-state index is 0.604. The van der Waals surface area contributed by atoms with Gasteiger partial charge in [0.2, 0.25) is 0 Å². The van der Waals surface area contributed by atoms with Gasteiger partial charge in [-0.25, -0.2) is 0 Å². The summed E-state index contributed by atoms with van der Waals surface area (Å²) in [4.78, 5) is 2.37. The normalized spacial score (nSPS) is 10.8. The maximum absolute atomic E-state index is 5.80. The molecule has 1 aromatic carbocycles. The molecule has 4 nitrogen and oxygen atoms in total. The molecule has 0 bridgehead atoms. The van der Waals surface area contributed by atoms with Gasteiger partial charge in [-0.1, -0.05) is 13.8 Å². The van der Waals surface area contributed by atoms with E-state index in [1.165, 1.54) is 0 Å². The van der Waals surface area contributed by atoms with Gasteiger partial charge < -0.3 is 21.1 Å². The average molecular weight is 237 g/mol. The van der Waals surface area contributed by atoms with Gasteiger partial charge in [0.15, 0.2) is 0 Å². The van der Waals surface area contributed by atoms with Crippen LogP contribution in [0, 0.1) is 0 Å². The highest BCUT2D eigenvalue weighted by atomic mass is 16.5. The average Bonchev–Trinajstić information content (AvgIpc) is 2.32. The molecule has 4 heteroatoms. The first-order valence-corrected chi connectivity index (χ1v) is 6.17. The predicted octanol–water partition coefficient (Wildman–Crippen LogP) is 1.96. The van der Waals surface area contributed by atoms with Crippen LogP contribution in [0.3, 0.4) is 0 Å². The number of rotatable bonds is 7. The molecule has 1 aromatic rings. The molecule has 0 aliphatic heterocycles. The highest BCUT2D eigenvalue weighted by Crippen LogP contribution is 2.23. The van der Waals surface area contributed by atoms with E-state index in [4.69, 9.17) is 16.2 Å². The number of hydrogen-bond acceptors (Lipinski definition) is 4. The Morgan fingerprint density at radius 3 is 2.47 bits per heavy atom. The van der Waals surface area contributed by atoms with Gasteiger partial charge in [-0.15, -0.1) is 0 Å². The van der Waals surface area contributed by atoms with Gasteiger partial charge in [0.25, 0.3) is 0 Å². The monoisotopic (exact) mass is 237 g/mol. The molecule has 96 valence electrons. The lowest BCUT2D eigenvalue weighted by molar-refractivity contribution is 0.250. The second-order valence-electron chi connectivity index (χ2n) is 4.03. The first-order chi connectivity index (χ1) is 8.17. The van der Waals surface area contributed by atoms with Gasteiger partial charge in [0.1, 0.15) is 5.75 Å². The topological polar surface area (TPSA) is 64.5 Å². The SMILES string of the molecule is CCN(CC)CCCOc1ccc(N)cc1N. The standard InChI is InChI=1S/C13H23N3O/c1-3-16(4-2)8-5-9-17-13-7-6-11(14)10-12(13)15/h6-7,10H,3-5,8-9,14-15H2,1-2H3. The lowest BCUT2D eigenvalue weighted by atomic mass is 10.2. The first-order valence-electron chi connectivity index (χ1n) is 6.17. The summed E-state index contributed by atoms with van der Waals surface area (Å²) in [6.07, 6.45) is 1.01. The fourth-order valence-corrected chi connectivity index (χ4v) is 1.71. The van der Waals surface area contributed by atoms with Gasteiger partial charge in [-0.2, -0.15) is 0 Å². The van der Waals surface area contributed by atoms with Crippen LogP contribution in [0.15, 0.2) is 18.2 Å². The summed E-state index contributed by atoms with van der Waals surface area (Å²) >= 11 is 0. The number of anilines is 2. The summed E-state index contributed by atoms with van der Waals surface area (Å²) in [5, 5.41) is 0. The molecular formula is C13H23N3O. The van der Waals surface area contributed by atoms with Crippen molar-refractivity contribution in [3.63, 3.8) is 0 Å². The van der Waals surface area contributed by atoms with E-state index in [0.29, 0.717) is 18.0 Å². The Morgan fingerprint density at radius 2 is 1.88 bits per heavy atom. The number of benzene rings is 1. The molecule has 0 saturated carbocycles. The summed E-state index contributed by atoms with van der Waals surface area (Å²) in [7, 11) is 0. The molecule has 0 aliphatic rings. The molecule has 0 heterocycles. The van der Waals surface area contributed by atoms with Crippen molar-refractivity contribution in [3.8, 4) is 5.75 Å². The summed E-state index contributed by atoms with van der Waals surface area (Å²) in [5.74, 6) is 0.721. The van der Waals surface area contributed by atoms with Crippen LogP contribution in [-0.4, -0.2) is 31.1 Å².